The number of benzene rings is 1. The van der Waals surface area contributed by atoms with Crippen molar-refractivity contribution in [1.82, 2.24) is 0 Å². The average molecular weight is 208 g/mol. The zero-order valence-electron chi connectivity index (χ0n) is 6.54. The van der Waals surface area contributed by atoms with Crippen LogP contribution in [-0.2, 0) is 4.18 Å². The van der Waals surface area contributed by atoms with E-state index in [9.17, 15) is 13.2 Å². The van der Waals surface area contributed by atoms with Crippen LogP contribution in [0.1, 0.15) is 0 Å². The second-order valence-electron chi connectivity index (χ2n) is 2.27. The lowest BCUT2D eigenvalue weighted by Crippen LogP contribution is -2.14. The number of alkyl halides is 3. The SMILES string of the molecule is FC(F)(F)COSc1ccccc1. The number of hydrogen-bond donors (Lipinski definition) is 0. The maximum atomic E-state index is 11.6. The summed E-state index contributed by atoms with van der Waals surface area (Å²) in [5.74, 6) is 0. The third-order valence-electron chi connectivity index (χ3n) is 1.12. The van der Waals surface area contributed by atoms with Crippen LogP contribution in [0.25, 0.3) is 0 Å². The molecule has 0 bridgehead atoms. The van der Waals surface area contributed by atoms with E-state index in [1.165, 1.54) is 0 Å². The summed E-state index contributed by atoms with van der Waals surface area (Å²) < 4.78 is 39.2. The van der Waals surface area contributed by atoms with Crippen molar-refractivity contribution >= 4 is 12.0 Å². The Morgan fingerprint density at radius 3 is 2.31 bits per heavy atom. The molecule has 1 aromatic rings. The molecule has 72 valence electrons. The van der Waals surface area contributed by atoms with Gasteiger partial charge in [0.15, 0.2) is 6.61 Å². The molecule has 0 aromatic heterocycles. The predicted octanol–water partition coefficient (Wildman–Crippen LogP) is 3.27. The van der Waals surface area contributed by atoms with Crippen LogP contribution in [0, 0.1) is 0 Å². The van der Waals surface area contributed by atoms with Gasteiger partial charge >= 0.3 is 6.18 Å². The molecule has 5 heteroatoms. The van der Waals surface area contributed by atoms with Crippen LogP contribution in [-0.4, -0.2) is 12.8 Å². The van der Waals surface area contributed by atoms with Crippen molar-refractivity contribution in [1.29, 1.82) is 0 Å². The summed E-state index contributed by atoms with van der Waals surface area (Å²) in [6.45, 7) is -1.23. The summed E-state index contributed by atoms with van der Waals surface area (Å²) in [6, 6.07) is 8.62. The summed E-state index contributed by atoms with van der Waals surface area (Å²) in [5.41, 5.74) is 0. The van der Waals surface area contributed by atoms with E-state index < -0.39 is 12.8 Å². The number of hydrogen-bond acceptors (Lipinski definition) is 2. The van der Waals surface area contributed by atoms with Gasteiger partial charge in [0, 0.05) is 16.9 Å². The summed E-state index contributed by atoms with van der Waals surface area (Å²) in [7, 11) is 0. The third-order valence-corrected chi connectivity index (χ3v) is 1.82. The molecular weight excluding hydrogens is 201 g/mol. The molecule has 0 atom stereocenters. The molecule has 1 nitrogen and oxygen atoms in total. The van der Waals surface area contributed by atoms with E-state index >= 15 is 0 Å². The maximum absolute atomic E-state index is 11.6. The molecule has 0 unspecified atom stereocenters. The van der Waals surface area contributed by atoms with Crippen LogP contribution in [0.15, 0.2) is 35.2 Å². The molecule has 0 aliphatic heterocycles. The Morgan fingerprint density at radius 1 is 1.15 bits per heavy atom. The minimum atomic E-state index is -4.26. The first kappa shape index (κ1) is 10.4. The Kier molecular flexibility index (Phi) is 3.62. The van der Waals surface area contributed by atoms with Gasteiger partial charge in [-0.3, -0.25) is 0 Å². The van der Waals surface area contributed by atoms with E-state index in [-0.39, 0.29) is 0 Å². The second-order valence-corrected chi connectivity index (χ2v) is 3.15. The molecule has 0 heterocycles. The molecule has 0 aliphatic rings. The first-order chi connectivity index (χ1) is 6.08. The van der Waals surface area contributed by atoms with Crippen molar-refractivity contribution in [3.8, 4) is 0 Å². The van der Waals surface area contributed by atoms with Crippen LogP contribution in [0.5, 0.6) is 0 Å². The summed E-state index contributed by atoms with van der Waals surface area (Å²) in [5, 5.41) is 0. The molecule has 0 saturated carbocycles. The fourth-order valence-electron chi connectivity index (χ4n) is 0.640. The molecule has 0 spiro atoms. The molecule has 0 amide bonds. The summed E-state index contributed by atoms with van der Waals surface area (Å²) in [6.07, 6.45) is -4.26. The van der Waals surface area contributed by atoms with Crippen molar-refractivity contribution in [2.45, 2.75) is 11.1 Å². The fraction of sp³-hybridized carbons (Fsp3) is 0.250. The molecule has 0 N–H and O–H groups in total. The number of halogens is 3. The molecule has 0 saturated heterocycles. The van der Waals surface area contributed by atoms with Crippen LogP contribution in [0.2, 0.25) is 0 Å². The van der Waals surface area contributed by atoms with Gasteiger partial charge < -0.3 is 4.18 Å². The van der Waals surface area contributed by atoms with Crippen molar-refractivity contribution in [2.24, 2.45) is 0 Å². The summed E-state index contributed by atoms with van der Waals surface area (Å²) in [4.78, 5) is 0.659. The average Bonchev–Trinajstić information content (AvgIpc) is 2.04. The fourth-order valence-corrected chi connectivity index (χ4v) is 1.24. The lowest BCUT2D eigenvalue weighted by molar-refractivity contribution is -0.150. The Bertz CT molecular complexity index is 247. The highest BCUT2D eigenvalue weighted by molar-refractivity contribution is 7.94. The molecule has 1 aromatic carbocycles. The minimum Gasteiger partial charge on any atom is -0.301 e. The van der Waals surface area contributed by atoms with Crippen molar-refractivity contribution in [3.05, 3.63) is 30.3 Å². The van der Waals surface area contributed by atoms with Gasteiger partial charge in [-0.05, 0) is 12.1 Å². The first-order valence-corrected chi connectivity index (χ1v) is 4.23. The largest absolute Gasteiger partial charge is 0.413 e. The predicted molar refractivity (Wildman–Crippen MR) is 44.3 cm³/mol. The second kappa shape index (κ2) is 4.53. The molecule has 13 heavy (non-hydrogen) atoms. The lowest BCUT2D eigenvalue weighted by atomic mass is 10.4. The van der Waals surface area contributed by atoms with Gasteiger partial charge in [-0.25, -0.2) is 0 Å². The highest BCUT2D eigenvalue weighted by atomic mass is 32.2. The van der Waals surface area contributed by atoms with Crippen LogP contribution in [0.3, 0.4) is 0 Å². The van der Waals surface area contributed by atoms with Crippen molar-refractivity contribution < 1.29 is 17.4 Å². The standard InChI is InChI=1S/C8H7F3OS/c9-8(10,11)6-12-13-7-4-2-1-3-5-7/h1-5H,6H2. The van der Waals surface area contributed by atoms with Gasteiger partial charge in [0.2, 0.25) is 0 Å². The van der Waals surface area contributed by atoms with E-state index in [1.807, 2.05) is 0 Å². The van der Waals surface area contributed by atoms with E-state index in [0.717, 1.165) is 12.0 Å². The van der Waals surface area contributed by atoms with E-state index in [2.05, 4.69) is 4.18 Å². The molecule has 0 fully saturated rings. The smallest absolute Gasteiger partial charge is 0.301 e. The Morgan fingerprint density at radius 2 is 1.77 bits per heavy atom. The van der Waals surface area contributed by atoms with Crippen LogP contribution in [0.4, 0.5) is 13.2 Å². The highest BCUT2D eigenvalue weighted by Crippen LogP contribution is 2.23. The Balaban J connectivity index is 2.29. The third kappa shape index (κ3) is 4.80. The van der Waals surface area contributed by atoms with Gasteiger partial charge in [0.05, 0.1) is 0 Å². The van der Waals surface area contributed by atoms with Gasteiger partial charge in [-0.2, -0.15) is 13.2 Å². The van der Waals surface area contributed by atoms with Crippen molar-refractivity contribution in [3.63, 3.8) is 0 Å². The Labute approximate surface area is 78.1 Å². The zero-order chi connectivity index (χ0) is 9.73. The van der Waals surface area contributed by atoms with Gasteiger partial charge in [-0.15, -0.1) is 0 Å². The topological polar surface area (TPSA) is 9.23 Å². The zero-order valence-corrected chi connectivity index (χ0v) is 7.36. The monoisotopic (exact) mass is 208 g/mol. The molecule has 1 rings (SSSR count). The van der Waals surface area contributed by atoms with E-state index in [1.54, 1.807) is 30.3 Å². The van der Waals surface area contributed by atoms with Gasteiger partial charge in [0.1, 0.15) is 0 Å². The first-order valence-electron chi connectivity index (χ1n) is 3.49. The van der Waals surface area contributed by atoms with Crippen LogP contribution < -0.4 is 0 Å². The summed E-state index contributed by atoms with van der Waals surface area (Å²) >= 11 is 0.727. The van der Waals surface area contributed by atoms with Gasteiger partial charge in [0.25, 0.3) is 0 Å². The quantitative estimate of drug-likeness (QED) is 0.705. The molecule has 0 aliphatic carbocycles. The highest BCUT2D eigenvalue weighted by Gasteiger charge is 2.27. The molecular formula is C8H7F3OS. The molecule has 0 radical (unpaired) electrons. The number of rotatable bonds is 3. The van der Waals surface area contributed by atoms with E-state index in [0.29, 0.717) is 4.90 Å². The van der Waals surface area contributed by atoms with Crippen molar-refractivity contribution in [2.75, 3.05) is 6.61 Å². The normalized spacial score (nSPS) is 11.6. The van der Waals surface area contributed by atoms with Gasteiger partial charge in [-0.1, -0.05) is 18.2 Å². The minimum absolute atomic E-state index is 0.659. The lowest BCUT2D eigenvalue weighted by Gasteiger charge is -2.05. The van der Waals surface area contributed by atoms with Crippen LogP contribution >= 0.6 is 12.0 Å². The van der Waals surface area contributed by atoms with E-state index in [4.69, 9.17) is 0 Å². The maximum Gasteiger partial charge on any atom is 0.413 e. The Hall–Kier alpha value is -0.680.